The van der Waals surface area contributed by atoms with Crippen LogP contribution in [0.5, 0.6) is 0 Å². The first-order valence-electron chi connectivity index (χ1n) is 9.99. The molecule has 3 rings (SSSR count). The topological polar surface area (TPSA) is 61.1 Å². The minimum atomic E-state index is -0.202. The molecule has 0 aromatic heterocycles. The van der Waals surface area contributed by atoms with Crippen LogP contribution in [-0.2, 0) is 4.79 Å². The maximum Gasteiger partial charge on any atom is 0.136 e. The van der Waals surface area contributed by atoms with Gasteiger partial charge in [0, 0.05) is 18.3 Å². The fourth-order valence-electron chi connectivity index (χ4n) is 6.43. The molecular formula is C21H33NO2. The fraction of sp³-hybridized carbons (Fsp3) is 0.905. The van der Waals surface area contributed by atoms with Gasteiger partial charge in [-0.3, -0.25) is 4.79 Å². The standard InChI is InChI=1S/C21H33NO2/c1-13-4-5-15(12-22)6-9-19(24)20-16(13)7-8-17-14(2)18(23)10-11-21(17,20)3/h13-18,20,23H,4-11H2,1-3H3/t13-,14+,15-,16-,17-,18+,20+,21-/m0/s1. The first-order valence-corrected chi connectivity index (χ1v) is 9.99. The van der Waals surface area contributed by atoms with E-state index in [2.05, 4.69) is 26.8 Å². The van der Waals surface area contributed by atoms with Gasteiger partial charge in [0.1, 0.15) is 5.78 Å². The zero-order valence-corrected chi connectivity index (χ0v) is 15.5. The molecule has 3 saturated carbocycles. The van der Waals surface area contributed by atoms with Gasteiger partial charge in [0.2, 0.25) is 0 Å². The first kappa shape index (κ1) is 17.9. The highest BCUT2D eigenvalue weighted by Crippen LogP contribution is 2.59. The minimum Gasteiger partial charge on any atom is -0.393 e. The SMILES string of the molecule is C[C@H]1[C@H](O)CC[C@@]2(C)[C@H]1CC[C@H]1[C@@H](C)CC[C@H](C#N)CCC(=O)[C@@H]12. The zero-order chi connectivity index (χ0) is 17.5. The number of aliphatic hydroxyl groups is 1. The summed E-state index contributed by atoms with van der Waals surface area (Å²) in [5, 5.41) is 19.7. The molecule has 0 heterocycles. The molecule has 3 aliphatic carbocycles. The Bertz CT molecular complexity index is 524. The molecule has 1 N–H and O–H groups in total. The van der Waals surface area contributed by atoms with Gasteiger partial charge in [-0.2, -0.15) is 5.26 Å². The summed E-state index contributed by atoms with van der Waals surface area (Å²) in [4.78, 5) is 13.2. The second-order valence-corrected chi connectivity index (χ2v) is 9.18. The van der Waals surface area contributed by atoms with Crippen LogP contribution in [0.2, 0.25) is 0 Å². The van der Waals surface area contributed by atoms with Crippen molar-refractivity contribution >= 4 is 5.78 Å². The molecular weight excluding hydrogens is 298 g/mol. The number of nitrogens with zero attached hydrogens (tertiary/aromatic N) is 1. The van der Waals surface area contributed by atoms with Crippen LogP contribution in [0.15, 0.2) is 0 Å². The van der Waals surface area contributed by atoms with Crippen LogP contribution in [0.25, 0.3) is 0 Å². The summed E-state index contributed by atoms with van der Waals surface area (Å²) in [6.07, 6.45) is 7.21. The Morgan fingerprint density at radius 1 is 1.12 bits per heavy atom. The normalized spacial score (nSPS) is 49.8. The van der Waals surface area contributed by atoms with Crippen molar-refractivity contribution < 1.29 is 9.90 Å². The maximum absolute atomic E-state index is 13.2. The number of carbonyl (C=O) groups excluding carboxylic acids is 1. The van der Waals surface area contributed by atoms with Crippen molar-refractivity contribution in [3.8, 4) is 6.07 Å². The third kappa shape index (κ3) is 2.92. The number of hydrogen-bond donors (Lipinski definition) is 1. The second-order valence-electron chi connectivity index (χ2n) is 9.18. The summed E-state index contributed by atoms with van der Waals surface area (Å²) >= 11 is 0. The van der Waals surface area contributed by atoms with E-state index in [0.717, 1.165) is 44.9 Å². The zero-order valence-electron chi connectivity index (χ0n) is 15.5. The summed E-state index contributed by atoms with van der Waals surface area (Å²) in [6, 6.07) is 2.42. The number of nitriles is 1. The molecule has 0 aromatic rings. The van der Waals surface area contributed by atoms with Gasteiger partial charge in [0.05, 0.1) is 12.2 Å². The smallest absolute Gasteiger partial charge is 0.136 e. The minimum absolute atomic E-state index is 0.0411. The van der Waals surface area contributed by atoms with Gasteiger partial charge in [-0.1, -0.05) is 20.8 Å². The largest absolute Gasteiger partial charge is 0.393 e. The average molecular weight is 332 g/mol. The molecule has 3 nitrogen and oxygen atoms in total. The Kier molecular flexibility index (Phi) is 5.07. The van der Waals surface area contributed by atoms with Crippen LogP contribution < -0.4 is 0 Å². The highest BCUT2D eigenvalue weighted by Gasteiger charge is 2.56. The van der Waals surface area contributed by atoms with Crippen molar-refractivity contribution in [1.29, 1.82) is 5.26 Å². The molecule has 24 heavy (non-hydrogen) atoms. The van der Waals surface area contributed by atoms with E-state index < -0.39 is 0 Å². The lowest BCUT2D eigenvalue weighted by Gasteiger charge is -2.57. The van der Waals surface area contributed by atoms with Crippen molar-refractivity contribution in [2.75, 3.05) is 0 Å². The Labute approximate surface area is 146 Å². The number of rotatable bonds is 0. The van der Waals surface area contributed by atoms with E-state index in [1.807, 2.05) is 0 Å². The Hall–Kier alpha value is -0.880. The van der Waals surface area contributed by atoms with Crippen molar-refractivity contribution in [2.24, 2.45) is 40.9 Å². The second kappa shape index (κ2) is 6.79. The van der Waals surface area contributed by atoms with Crippen molar-refractivity contribution in [2.45, 2.75) is 78.2 Å². The van der Waals surface area contributed by atoms with Crippen LogP contribution in [0.1, 0.15) is 72.1 Å². The molecule has 0 aliphatic heterocycles. The average Bonchev–Trinajstić information content (AvgIpc) is 2.62. The number of carbonyl (C=O) groups is 1. The molecule has 0 saturated heterocycles. The van der Waals surface area contributed by atoms with E-state index in [1.54, 1.807) is 0 Å². The van der Waals surface area contributed by atoms with Crippen LogP contribution in [-0.4, -0.2) is 17.0 Å². The van der Waals surface area contributed by atoms with E-state index >= 15 is 0 Å². The van der Waals surface area contributed by atoms with Gasteiger partial charge in [0.15, 0.2) is 0 Å². The van der Waals surface area contributed by atoms with Crippen LogP contribution in [0.4, 0.5) is 0 Å². The van der Waals surface area contributed by atoms with Gasteiger partial charge in [0.25, 0.3) is 0 Å². The molecule has 0 amide bonds. The summed E-state index contributed by atoms with van der Waals surface area (Å²) < 4.78 is 0. The fourth-order valence-corrected chi connectivity index (χ4v) is 6.43. The van der Waals surface area contributed by atoms with E-state index in [4.69, 9.17) is 0 Å². The molecule has 0 spiro atoms. The quantitative estimate of drug-likeness (QED) is 0.718. The first-order chi connectivity index (χ1) is 11.4. The lowest BCUT2D eigenvalue weighted by Crippen LogP contribution is -2.54. The van der Waals surface area contributed by atoms with Gasteiger partial charge in [-0.15, -0.1) is 0 Å². The molecule has 134 valence electrons. The number of ketones is 1. The highest BCUT2D eigenvalue weighted by atomic mass is 16.3. The Morgan fingerprint density at radius 3 is 2.58 bits per heavy atom. The van der Waals surface area contributed by atoms with E-state index in [9.17, 15) is 15.2 Å². The maximum atomic E-state index is 13.2. The number of hydrogen-bond acceptors (Lipinski definition) is 3. The van der Waals surface area contributed by atoms with E-state index in [-0.39, 0.29) is 23.4 Å². The molecule has 0 bridgehead atoms. The van der Waals surface area contributed by atoms with Gasteiger partial charge in [-0.05, 0) is 74.0 Å². The molecule has 3 aliphatic rings. The van der Waals surface area contributed by atoms with Crippen molar-refractivity contribution in [3.05, 3.63) is 0 Å². The summed E-state index contributed by atoms with van der Waals surface area (Å²) in [7, 11) is 0. The molecule has 3 heteroatoms. The lowest BCUT2D eigenvalue weighted by atomic mass is 9.47. The highest BCUT2D eigenvalue weighted by molar-refractivity contribution is 5.82. The molecule has 0 radical (unpaired) electrons. The third-order valence-corrected chi connectivity index (χ3v) is 7.99. The number of Topliss-reactive ketones (excluding diaryl/α,β-unsaturated/α-hetero) is 1. The summed E-state index contributed by atoms with van der Waals surface area (Å²) in [6.45, 7) is 6.82. The van der Waals surface area contributed by atoms with E-state index in [0.29, 0.717) is 35.9 Å². The summed E-state index contributed by atoms with van der Waals surface area (Å²) in [5.74, 6) is 2.35. The van der Waals surface area contributed by atoms with Gasteiger partial charge < -0.3 is 5.11 Å². The van der Waals surface area contributed by atoms with Crippen molar-refractivity contribution in [1.82, 2.24) is 0 Å². The van der Waals surface area contributed by atoms with Crippen LogP contribution in [0, 0.1) is 52.3 Å². The third-order valence-electron chi connectivity index (χ3n) is 7.99. The van der Waals surface area contributed by atoms with Gasteiger partial charge >= 0.3 is 0 Å². The van der Waals surface area contributed by atoms with Gasteiger partial charge in [-0.25, -0.2) is 0 Å². The summed E-state index contributed by atoms with van der Waals surface area (Å²) in [5.41, 5.74) is 0.0411. The molecule has 0 aromatic carbocycles. The molecule has 3 fully saturated rings. The molecule has 8 atom stereocenters. The predicted molar refractivity (Wildman–Crippen MR) is 94.0 cm³/mol. The Balaban J connectivity index is 1.93. The monoisotopic (exact) mass is 331 g/mol. The van der Waals surface area contributed by atoms with Crippen LogP contribution >= 0.6 is 0 Å². The van der Waals surface area contributed by atoms with Crippen LogP contribution in [0.3, 0.4) is 0 Å². The lowest BCUT2D eigenvalue weighted by molar-refractivity contribution is -0.150. The van der Waals surface area contributed by atoms with E-state index in [1.165, 1.54) is 0 Å². The Morgan fingerprint density at radius 2 is 1.88 bits per heavy atom. The number of fused-ring (bicyclic) bond motifs is 3. The predicted octanol–water partition coefficient (Wildman–Crippen LogP) is 4.34. The van der Waals surface area contributed by atoms with Crippen molar-refractivity contribution in [3.63, 3.8) is 0 Å². The number of aliphatic hydroxyl groups excluding tert-OH is 1. The molecule has 0 unspecified atom stereocenters.